The molecular weight excluding hydrogens is 318 g/mol. The predicted octanol–water partition coefficient (Wildman–Crippen LogP) is 1.58. The summed E-state index contributed by atoms with van der Waals surface area (Å²) in [5.41, 5.74) is 7.75. The SMILES string of the molecule is NCC(O)CN1CCc2c(ccc(OCc3cnco3)c2Cl)C1. The number of hydrogen-bond acceptors (Lipinski definition) is 6. The topological polar surface area (TPSA) is 84.8 Å². The summed E-state index contributed by atoms with van der Waals surface area (Å²) in [5.74, 6) is 1.30. The van der Waals surface area contributed by atoms with E-state index in [4.69, 9.17) is 26.5 Å². The highest BCUT2D eigenvalue weighted by atomic mass is 35.5. The second-order valence-electron chi connectivity index (χ2n) is 5.65. The molecule has 0 radical (unpaired) electrons. The maximum atomic E-state index is 9.69. The van der Waals surface area contributed by atoms with Crippen molar-refractivity contribution < 1.29 is 14.3 Å². The second kappa shape index (κ2) is 7.31. The van der Waals surface area contributed by atoms with Gasteiger partial charge in [-0.2, -0.15) is 0 Å². The Morgan fingerprint density at radius 3 is 3.09 bits per heavy atom. The number of halogens is 1. The minimum atomic E-state index is -0.489. The standard InChI is InChI=1S/C16H20ClN3O3/c17-16-14-3-4-20(8-12(21)5-18)7-11(14)1-2-15(16)22-9-13-6-19-10-23-13/h1-2,6,10,12,21H,3-5,7-9,18H2. The Balaban J connectivity index is 1.68. The fraction of sp³-hybridized carbons (Fsp3) is 0.438. The number of rotatable bonds is 6. The lowest BCUT2D eigenvalue weighted by Crippen LogP contribution is -2.39. The molecule has 7 heteroatoms. The van der Waals surface area contributed by atoms with Gasteiger partial charge in [-0.05, 0) is 23.6 Å². The number of nitrogens with two attached hydrogens (primary N) is 1. The lowest BCUT2D eigenvalue weighted by Gasteiger charge is -2.31. The molecule has 1 aliphatic rings. The van der Waals surface area contributed by atoms with Crippen LogP contribution in [-0.4, -0.2) is 40.7 Å². The molecule has 1 aromatic carbocycles. The molecule has 23 heavy (non-hydrogen) atoms. The first-order valence-corrected chi connectivity index (χ1v) is 7.96. The van der Waals surface area contributed by atoms with E-state index in [0.29, 0.717) is 29.7 Å². The molecule has 6 nitrogen and oxygen atoms in total. The molecule has 0 bridgehead atoms. The summed E-state index contributed by atoms with van der Waals surface area (Å²) in [6.07, 6.45) is 3.33. The van der Waals surface area contributed by atoms with E-state index in [0.717, 1.165) is 30.6 Å². The molecule has 1 aliphatic heterocycles. The largest absolute Gasteiger partial charge is 0.484 e. The van der Waals surface area contributed by atoms with Crippen LogP contribution in [0.3, 0.4) is 0 Å². The van der Waals surface area contributed by atoms with Crippen molar-refractivity contribution in [1.82, 2.24) is 9.88 Å². The predicted molar refractivity (Wildman–Crippen MR) is 86.3 cm³/mol. The van der Waals surface area contributed by atoms with Gasteiger partial charge in [0.2, 0.25) is 0 Å². The third kappa shape index (κ3) is 3.84. The smallest absolute Gasteiger partial charge is 0.181 e. The number of ether oxygens (including phenoxy) is 1. The van der Waals surface area contributed by atoms with Crippen LogP contribution in [-0.2, 0) is 19.6 Å². The van der Waals surface area contributed by atoms with Gasteiger partial charge in [0.15, 0.2) is 12.2 Å². The summed E-state index contributed by atoms with van der Waals surface area (Å²) in [4.78, 5) is 6.04. The first kappa shape index (κ1) is 16.3. The molecule has 1 atom stereocenters. The van der Waals surface area contributed by atoms with Gasteiger partial charge in [-0.1, -0.05) is 17.7 Å². The molecule has 0 saturated heterocycles. The van der Waals surface area contributed by atoms with Crippen molar-refractivity contribution in [2.45, 2.75) is 25.7 Å². The monoisotopic (exact) mass is 337 g/mol. The number of aromatic nitrogens is 1. The van der Waals surface area contributed by atoms with E-state index in [1.165, 1.54) is 6.39 Å². The molecule has 1 aromatic heterocycles. The van der Waals surface area contributed by atoms with E-state index in [1.807, 2.05) is 12.1 Å². The second-order valence-corrected chi connectivity index (χ2v) is 6.02. The molecule has 0 saturated carbocycles. The minimum Gasteiger partial charge on any atom is -0.484 e. The maximum absolute atomic E-state index is 9.69. The number of oxazole rings is 1. The third-order valence-corrected chi connectivity index (χ3v) is 4.39. The molecule has 124 valence electrons. The van der Waals surface area contributed by atoms with Crippen molar-refractivity contribution in [3.8, 4) is 5.75 Å². The fourth-order valence-corrected chi connectivity index (χ4v) is 3.08. The average molecular weight is 338 g/mol. The average Bonchev–Trinajstić information content (AvgIpc) is 3.07. The molecule has 0 aliphatic carbocycles. The van der Waals surface area contributed by atoms with Crippen molar-refractivity contribution in [2.75, 3.05) is 19.6 Å². The number of hydrogen-bond donors (Lipinski definition) is 2. The Labute approximate surface area is 139 Å². The minimum absolute atomic E-state index is 0.276. The lowest BCUT2D eigenvalue weighted by atomic mass is 9.99. The molecule has 2 aromatic rings. The molecule has 1 unspecified atom stereocenters. The van der Waals surface area contributed by atoms with Crippen LogP contribution in [0, 0.1) is 0 Å². The van der Waals surface area contributed by atoms with Crippen molar-refractivity contribution in [3.63, 3.8) is 0 Å². The first-order chi connectivity index (χ1) is 11.2. The summed E-state index contributed by atoms with van der Waals surface area (Å²) in [6, 6.07) is 3.90. The van der Waals surface area contributed by atoms with Crippen LogP contribution < -0.4 is 10.5 Å². The van der Waals surface area contributed by atoms with E-state index >= 15 is 0 Å². The van der Waals surface area contributed by atoms with E-state index in [1.54, 1.807) is 6.20 Å². The van der Waals surface area contributed by atoms with Crippen LogP contribution in [0.2, 0.25) is 5.02 Å². The quantitative estimate of drug-likeness (QED) is 0.832. The Bertz CT molecular complexity index is 648. The summed E-state index contributed by atoms with van der Waals surface area (Å²) < 4.78 is 10.9. The van der Waals surface area contributed by atoms with Crippen LogP contribution in [0.25, 0.3) is 0 Å². The van der Waals surface area contributed by atoms with E-state index < -0.39 is 6.10 Å². The van der Waals surface area contributed by atoms with E-state index in [2.05, 4.69) is 9.88 Å². The number of β-amino-alcohol motifs (C(OH)–C–C–N with tert-alkyl or cyclic N) is 1. The first-order valence-electron chi connectivity index (χ1n) is 7.58. The van der Waals surface area contributed by atoms with Crippen molar-refractivity contribution >= 4 is 11.6 Å². The van der Waals surface area contributed by atoms with Gasteiger partial charge in [-0.25, -0.2) is 4.98 Å². The summed E-state index contributed by atoms with van der Waals surface area (Å²) in [6.45, 7) is 2.76. The fourth-order valence-electron chi connectivity index (χ4n) is 2.75. The molecule has 2 heterocycles. The van der Waals surface area contributed by atoms with Gasteiger partial charge in [-0.3, -0.25) is 4.90 Å². The summed E-state index contributed by atoms with van der Waals surface area (Å²) >= 11 is 6.49. The third-order valence-electron chi connectivity index (χ3n) is 3.97. The highest BCUT2D eigenvalue weighted by Crippen LogP contribution is 2.34. The highest BCUT2D eigenvalue weighted by molar-refractivity contribution is 6.33. The molecule has 3 N–H and O–H groups in total. The molecule has 0 amide bonds. The van der Waals surface area contributed by atoms with Gasteiger partial charge in [0.1, 0.15) is 12.4 Å². The Morgan fingerprint density at radius 1 is 1.48 bits per heavy atom. The molecular formula is C16H20ClN3O3. The number of aliphatic hydroxyl groups is 1. The number of fused-ring (bicyclic) bond motifs is 1. The van der Waals surface area contributed by atoms with E-state index in [-0.39, 0.29) is 6.54 Å². The summed E-state index contributed by atoms with van der Waals surface area (Å²) in [5, 5.41) is 10.3. The van der Waals surface area contributed by atoms with Gasteiger partial charge in [0.05, 0.1) is 17.3 Å². The zero-order valence-corrected chi connectivity index (χ0v) is 13.5. The highest BCUT2D eigenvalue weighted by Gasteiger charge is 2.22. The zero-order chi connectivity index (χ0) is 16.2. The van der Waals surface area contributed by atoms with Crippen LogP contribution in [0.5, 0.6) is 5.75 Å². The Kier molecular flexibility index (Phi) is 5.17. The van der Waals surface area contributed by atoms with Crippen molar-refractivity contribution in [1.29, 1.82) is 0 Å². The summed E-state index contributed by atoms with van der Waals surface area (Å²) in [7, 11) is 0. The zero-order valence-electron chi connectivity index (χ0n) is 12.7. The Morgan fingerprint density at radius 2 is 2.35 bits per heavy atom. The van der Waals surface area contributed by atoms with E-state index in [9.17, 15) is 5.11 Å². The van der Waals surface area contributed by atoms with Gasteiger partial charge >= 0.3 is 0 Å². The van der Waals surface area contributed by atoms with Crippen LogP contribution >= 0.6 is 11.6 Å². The van der Waals surface area contributed by atoms with Crippen LogP contribution in [0.4, 0.5) is 0 Å². The number of benzene rings is 1. The molecule has 3 rings (SSSR count). The van der Waals surface area contributed by atoms with Crippen molar-refractivity contribution in [3.05, 3.63) is 46.6 Å². The van der Waals surface area contributed by atoms with Gasteiger partial charge in [0.25, 0.3) is 0 Å². The van der Waals surface area contributed by atoms with Gasteiger partial charge in [0, 0.05) is 26.2 Å². The van der Waals surface area contributed by atoms with Gasteiger partial charge in [-0.15, -0.1) is 0 Å². The number of nitrogens with zero attached hydrogens (tertiary/aromatic N) is 2. The maximum Gasteiger partial charge on any atom is 0.181 e. The lowest BCUT2D eigenvalue weighted by molar-refractivity contribution is 0.111. The number of aliphatic hydroxyl groups excluding tert-OH is 1. The normalized spacial score (nSPS) is 16.1. The molecule has 0 spiro atoms. The Hall–Kier alpha value is -1.60. The van der Waals surface area contributed by atoms with Crippen LogP contribution in [0.15, 0.2) is 29.1 Å². The van der Waals surface area contributed by atoms with Crippen molar-refractivity contribution in [2.24, 2.45) is 5.73 Å². The van der Waals surface area contributed by atoms with Crippen LogP contribution in [0.1, 0.15) is 16.9 Å². The molecule has 0 fully saturated rings. The van der Waals surface area contributed by atoms with Gasteiger partial charge < -0.3 is 20.0 Å².